The normalized spacial score (nSPS) is 38.4. The van der Waals surface area contributed by atoms with Gasteiger partial charge in [-0.15, -0.1) is 0 Å². The Bertz CT molecular complexity index is 760. The summed E-state index contributed by atoms with van der Waals surface area (Å²) < 4.78 is 0. The van der Waals surface area contributed by atoms with E-state index in [-0.39, 0.29) is 33.2 Å². The van der Waals surface area contributed by atoms with Crippen LogP contribution >= 0.6 is 0 Å². The van der Waals surface area contributed by atoms with Crippen molar-refractivity contribution in [2.75, 3.05) is 21.1 Å². The molecule has 0 radical (unpaired) electrons. The van der Waals surface area contributed by atoms with E-state index in [9.17, 15) is 0 Å². The second-order valence-electron chi connectivity index (χ2n) is 18.6. The first kappa shape index (κ1) is 30.8. The van der Waals surface area contributed by atoms with E-state index < -0.39 is 0 Å². The number of piperidine rings is 3. The van der Waals surface area contributed by atoms with Crippen LogP contribution in [0.2, 0.25) is 0 Å². The number of rotatable bonds is 3. The first-order valence-corrected chi connectivity index (χ1v) is 16.2. The van der Waals surface area contributed by atoms with Gasteiger partial charge in [-0.1, -0.05) is 0 Å². The van der Waals surface area contributed by atoms with Crippen molar-refractivity contribution in [1.82, 2.24) is 14.7 Å². The van der Waals surface area contributed by atoms with E-state index in [4.69, 9.17) is 0 Å². The molecular weight excluding hydrogens is 462 g/mol. The average Bonchev–Trinajstić information content (AvgIpc) is 3.18. The topological polar surface area (TPSA) is 9.72 Å². The first-order chi connectivity index (χ1) is 17.0. The van der Waals surface area contributed by atoms with Gasteiger partial charge in [-0.2, -0.15) is 0 Å². The lowest BCUT2D eigenvalue weighted by molar-refractivity contribution is -0.0729. The van der Waals surface area contributed by atoms with Crippen LogP contribution in [0.5, 0.6) is 0 Å². The van der Waals surface area contributed by atoms with Gasteiger partial charge in [0.25, 0.3) is 0 Å². The Morgan fingerprint density at radius 3 is 0.789 bits per heavy atom. The predicted octanol–water partition coefficient (Wildman–Crippen LogP) is 8.33. The van der Waals surface area contributed by atoms with E-state index in [0.29, 0.717) is 0 Å². The molecule has 3 saturated heterocycles. The Hall–Kier alpha value is -0.120. The minimum Gasteiger partial charge on any atom is -0.296 e. The Labute approximate surface area is 238 Å². The molecule has 4 fully saturated rings. The average molecular weight is 530 g/mol. The van der Waals surface area contributed by atoms with E-state index >= 15 is 0 Å². The SMILES string of the molecule is CN1C(C)(C)CC(C2CC(C3CC(C)(C)N(C)C(C)(C)C3)C(C3CC(C)(C)N(C)C(C)(C)C3)C2)CC1(C)C. The third-order valence-electron chi connectivity index (χ3n) is 13.6. The van der Waals surface area contributed by atoms with Crippen molar-refractivity contribution in [1.29, 1.82) is 0 Å². The Balaban J connectivity index is 1.68. The van der Waals surface area contributed by atoms with Gasteiger partial charge in [-0.05, 0) is 191 Å². The number of likely N-dealkylation sites (tertiary alicyclic amines) is 3. The third-order valence-corrected chi connectivity index (χ3v) is 13.6. The molecule has 222 valence electrons. The highest BCUT2D eigenvalue weighted by Crippen LogP contribution is 2.59. The lowest BCUT2D eigenvalue weighted by Gasteiger charge is -2.57. The van der Waals surface area contributed by atoms with Crippen molar-refractivity contribution in [2.45, 2.75) is 168 Å². The summed E-state index contributed by atoms with van der Waals surface area (Å²) in [4.78, 5) is 8.08. The van der Waals surface area contributed by atoms with Crippen molar-refractivity contribution in [3.8, 4) is 0 Å². The fraction of sp³-hybridized carbons (Fsp3) is 1.00. The monoisotopic (exact) mass is 530 g/mol. The minimum absolute atomic E-state index is 0.276. The summed E-state index contributed by atoms with van der Waals surface area (Å²) in [5, 5.41) is 0. The molecule has 2 unspecified atom stereocenters. The van der Waals surface area contributed by atoms with Gasteiger partial charge in [0.15, 0.2) is 0 Å². The molecule has 1 aliphatic carbocycles. The quantitative estimate of drug-likeness (QED) is 0.364. The lowest BCUT2D eigenvalue weighted by atomic mass is 9.62. The maximum absolute atomic E-state index is 2.70. The highest BCUT2D eigenvalue weighted by Gasteiger charge is 2.55. The second kappa shape index (κ2) is 9.45. The molecule has 3 nitrogen and oxygen atoms in total. The van der Waals surface area contributed by atoms with Gasteiger partial charge in [-0.3, -0.25) is 14.7 Å². The summed E-state index contributed by atoms with van der Waals surface area (Å²) in [6.45, 7) is 30.2. The molecule has 1 saturated carbocycles. The molecule has 0 aromatic heterocycles. The molecule has 38 heavy (non-hydrogen) atoms. The van der Waals surface area contributed by atoms with Crippen LogP contribution in [-0.2, 0) is 0 Å². The molecule has 0 amide bonds. The Morgan fingerprint density at radius 2 is 0.553 bits per heavy atom. The molecule has 3 heteroatoms. The lowest BCUT2D eigenvalue weighted by Crippen LogP contribution is -2.61. The highest BCUT2D eigenvalue weighted by atomic mass is 15.2. The maximum atomic E-state index is 2.70. The number of hydrogen-bond donors (Lipinski definition) is 0. The molecule has 4 rings (SSSR count). The Morgan fingerprint density at radius 1 is 0.342 bits per heavy atom. The number of hydrogen-bond acceptors (Lipinski definition) is 3. The molecule has 0 spiro atoms. The summed E-state index contributed by atoms with van der Waals surface area (Å²) in [5.41, 5.74) is 1.68. The maximum Gasteiger partial charge on any atom is 0.0158 e. The molecule has 0 aromatic carbocycles. The van der Waals surface area contributed by atoms with E-state index in [1.165, 1.54) is 51.4 Å². The van der Waals surface area contributed by atoms with Crippen LogP contribution in [0.4, 0.5) is 0 Å². The van der Waals surface area contributed by atoms with Gasteiger partial charge in [0.05, 0.1) is 0 Å². The molecule has 4 aliphatic rings. The van der Waals surface area contributed by atoms with Gasteiger partial charge < -0.3 is 0 Å². The second-order valence-corrected chi connectivity index (χ2v) is 18.6. The van der Waals surface area contributed by atoms with Crippen molar-refractivity contribution in [2.24, 2.45) is 35.5 Å². The largest absolute Gasteiger partial charge is 0.296 e. The summed E-state index contributed by atoms with van der Waals surface area (Å²) >= 11 is 0. The van der Waals surface area contributed by atoms with Crippen molar-refractivity contribution >= 4 is 0 Å². The number of nitrogens with zero attached hydrogens (tertiary/aromatic N) is 3. The van der Waals surface area contributed by atoms with Crippen LogP contribution in [0.25, 0.3) is 0 Å². The van der Waals surface area contributed by atoms with Gasteiger partial charge in [0.2, 0.25) is 0 Å². The van der Waals surface area contributed by atoms with Crippen LogP contribution in [0.15, 0.2) is 0 Å². The molecule has 3 aliphatic heterocycles. The molecule has 0 N–H and O–H groups in total. The molecule has 0 bridgehead atoms. The molecular formula is C35H67N3. The van der Waals surface area contributed by atoms with Crippen LogP contribution in [-0.4, -0.2) is 69.1 Å². The van der Waals surface area contributed by atoms with Crippen LogP contribution in [0.3, 0.4) is 0 Å². The van der Waals surface area contributed by atoms with E-state index in [1.54, 1.807) is 0 Å². The predicted molar refractivity (Wildman–Crippen MR) is 166 cm³/mol. The van der Waals surface area contributed by atoms with Crippen molar-refractivity contribution < 1.29 is 0 Å². The zero-order chi connectivity index (χ0) is 28.9. The fourth-order valence-electron chi connectivity index (χ4n) is 10.9. The van der Waals surface area contributed by atoms with Gasteiger partial charge in [-0.25, -0.2) is 0 Å². The smallest absolute Gasteiger partial charge is 0.0158 e. The Kier molecular flexibility index (Phi) is 7.67. The van der Waals surface area contributed by atoms with Gasteiger partial charge in [0.1, 0.15) is 0 Å². The highest BCUT2D eigenvalue weighted by molar-refractivity contribution is 5.08. The minimum atomic E-state index is 0.276. The summed E-state index contributed by atoms with van der Waals surface area (Å²) in [5.74, 6) is 5.24. The van der Waals surface area contributed by atoms with Crippen LogP contribution in [0, 0.1) is 35.5 Å². The zero-order valence-electron chi connectivity index (χ0n) is 28.5. The summed E-state index contributed by atoms with van der Waals surface area (Å²) in [6.07, 6.45) is 11.2. The van der Waals surface area contributed by atoms with Gasteiger partial charge >= 0.3 is 0 Å². The zero-order valence-corrected chi connectivity index (χ0v) is 28.5. The van der Waals surface area contributed by atoms with E-state index in [0.717, 1.165) is 35.5 Å². The third kappa shape index (κ3) is 5.40. The summed E-state index contributed by atoms with van der Waals surface area (Å²) in [7, 11) is 7.15. The van der Waals surface area contributed by atoms with Crippen molar-refractivity contribution in [3.05, 3.63) is 0 Å². The standard InChI is InChI=1S/C35H67N3/c1-30(2)18-25(19-31(3,4)36(30)13)24-16-28(26-20-32(5,6)37(14)33(7,8)21-26)29(17-24)27-22-34(9,10)38(15)35(11,12)23-27/h24-29H,16-23H2,1-15H3. The molecule has 0 aromatic rings. The van der Waals surface area contributed by atoms with E-state index in [2.05, 4.69) is 119 Å². The molecule has 3 heterocycles. The van der Waals surface area contributed by atoms with Crippen LogP contribution < -0.4 is 0 Å². The first-order valence-electron chi connectivity index (χ1n) is 16.2. The van der Waals surface area contributed by atoms with Crippen LogP contribution in [0.1, 0.15) is 134 Å². The van der Waals surface area contributed by atoms with Crippen molar-refractivity contribution in [3.63, 3.8) is 0 Å². The van der Waals surface area contributed by atoms with Gasteiger partial charge in [0, 0.05) is 33.2 Å². The van der Waals surface area contributed by atoms with E-state index in [1.807, 2.05) is 0 Å². The fourth-order valence-corrected chi connectivity index (χ4v) is 10.9. The molecule has 2 atom stereocenters. The summed E-state index contributed by atoms with van der Waals surface area (Å²) in [6, 6.07) is 0.